The van der Waals surface area contributed by atoms with Crippen molar-refractivity contribution in [3.8, 4) is 11.1 Å². The third kappa shape index (κ3) is 2.42. The second kappa shape index (κ2) is 5.48. The second-order valence-corrected chi connectivity index (χ2v) is 5.57. The van der Waals surface area contributed by atoms with Gasteiger partial charge in [0.2, 0.25) is 0 Å². The molecule has 0 radical (unpaired) electrons. The minimum absolute atomic E-state index is 0.00890. The van der Waals surface area contributed by atoms with Gasteiger partial charge in [-0.05, 0) is 41.3 Å². The molecule has 1 aliphatic carbocycles. The SMILES string of the molecule is CC(N)C(O)Nc1ccc2c(c1)C(CO)c1ccccc1-2. The number of rotatable bonds is 4. The van der Waals surface area contributed by atoms with Crippen LogP contribution in [0.15, 0.2) is 42.5 Å². The molecule has 0 amide bonds. The van der Waals surface area contributed by atoms with Crippen molar-refractivity contribution < 1.29 is 10.2 Å². The van der Waals surface area contributed by atoms with Crippen LogP contribution in [0.2, 0.25) is 0 Å². The number of nitrogens with one attached hydrogen (secondary N) is 1. The third-order valence-electron chi connectivity index (χ3n) is 4.05. The molecule has 21 heavy (non-hydrogen) atoms. The molecule has 4 heteroatoms. The Hall–Kier alpha value is -1.88. The van der Waals surface area contributed by atoms with Gasteiger partial charge < -0.3 is 21.3 Å². The van der Waals surface area contributed by atoms with E-state index < -0.39 is 6.23 Å². The zero-order chi connectivity index (χ0) is 15.0. The number of fused-ring (bicyclic) bond motifs is 3. The summed E-state index contributed by atoms with van der Waals surface area (Å²) in [5.41, 5.74) is 11.0. The molecule has 0 saturated carbocycles. The highest BCUT2D eigenvalue weighted by atomic mass is 16.3. The average Bonchev–Trinajstić information content (AvgIpc) is 2.80. The highest BCUT2D eigenvalue weighted by Gasteiger charge is 2.28. The van der Waals surface area contributed by atoms with Crippen molar-refractivity contribution in [1.29, 1.82) is 0 Å². The van der Waals surface area contributed by atoms with Crippen LogP contribution in [0.1, 0.15) is 24.0 Å². The van der Waals surface area contributed by atoms with Gasteiger partial charge in [-0.2, -0.15) is 0 Å². The van der Waals surface area contributed by atoms with E-state index in [0.29, 0.717) is 0 Å². The molecule has 3 unspecified atom stereocenters. The van der Waals surface area contributed by atoms with Crippen LogP contribution in [0.25, 0.3) is 11.1 Å². The molecule has 0 aliphatic heterocycles. The lowest BCUT2D eigenvalue weighted by Gasteiger charge is -2.19. The van der Waals surface area contributed by atoms with Gasteiger partial charge in [0.05, 0.1) is 6.61 Å². The minimum atomic E-state index is -0.792. The summed E-state index contributed by atoms with van der Waals surface area (Å²) in [5, 5.41) is 22.6. The highest BCUT2D eigenvalue weighted by Crippen LogP contribution is 2.45. The monoisotopic (exact) mass is 284 g/mol. The lowest BCUT2D eigenvalue weighted by molar-refractivity contribution is 0.179. The predicted octanol–water partition coefficient (Wildman–Crippen LogP) is 1.87. The van der Waals surface area contributed by atoms with Gasteiger partial charge in [-0.15, -0.1) is 0 Å². The second-order valence-electron chi connectivity index (χ2n) is 5.57. The normalized spacial score (nSPS) is 18.8. The van der Waals surface area contributed by atoms with Crippen LogP contribution < -0.4 is 11.1 Å². The molecule has 3 rings (SSSR count). The van der Waals surface area contributed by atoms with E-state index in [9.17, 15) is 10.2 Å². The summed E-state index contributed by atoms with van der Waals surface area (Å²) in [6, 6.07) is 13.7. The first-order chi connectivity index (χ1) is 10.1. The van der Waals surface area contributed by atoms with E-state index in [-0.39, 0.29) is 18.6 Å². The number of hydrogen-bond acceptors (Lipinski definition) is 4. The molecule has 0 heterocycles. The lowest BCUT2D eigenvalue weighted by Crippen LogP contribution is -2.37. The van der Waals surface area contributed by atoms with Crippen molar-refractivity contribution in [3.63, 3.8) is 0 Å². The van der Waals surface area contributed by atoms with Gasteiger partial charge in [0, 0.05) is 17.6 Å². The Kier molecular flexibility index (Phi) is 3.68. The largest absolute Gasteiger partial charge is 0.395 e. The maximum absolute atomic E-state index is 9.84. The van der Waals surface area contributed by atoms with Crippen molar-refractivity contribution in [1.82, 2.24) is 0 Å². The van der Waals surface area contributed by atoms with Crippen molar-refractivity contribution in [2.24, 2.45) is 5.73 Å². The number of hydrogen-bond donors (Lipinski definition) is 4. The van der Waals surface area contributed by atoms with Crippen molar-refractivity contribution in [2.75, 3.05) is 11.9 Å². The van der Waals surface area contributed by atoms with Crippen LogP contribution >= 0.6 is 0 Å². The van der Waals surface area contributed by atoms with Crippen molar-refractivity contribution >= 4 is 5.69 Å². The van der Waals surface area contributed by atoms with Gasteiger partial charge in [0.1, 0.15) is 6.23 Å². The molecular formula is C17H20N2O2. The van der Waals surface area contributed by atoms with E-state index in [1.54, 1.807) is 6.92 Å². The van der Waals surface area contributed by atoms with Crippen LogP contribution in [0, 0.1) is 0 Å². The minimum Gasteiger partial charge on any atom is -0.395 e. The maximum Gasteiger partial charge on any atom is 0.139 e. The molecule has 2 aromatic carbocycles. The number of nitrogens with two attached hydrogens (primary N) is 1. The molecule has 3 atom stereocenters. The zero-order valence-corrected chi connectivity index (χ0v) is 12.0. The highest BCUT2D eigenvalue weighted by molar-refractivity contribution is 5.80. The zero-order valence-electron chi connectivity index (χ0n) is 12.0. The fourth-order valence-corrected chi connectivity index (χ4v) is 2.90. The maximum atomic E-state index is 9.84. The van der Waals surface area contributed by atoms with Crippen molar-refractivity contribution in [3.05, 3.63) is 53.6 Å². The Balaban J connectivity index is 1.99. The molecule has 1 aliphatic rings. The predicted molar refractivity (Wildman–Crippen MR) is 84.1 cm³/mol. The fraction of sp³-hybridized carbons (Fsp3) is 0.294. The van der Waals surface area contributed by atoms with Crippen LogP contribution in [0.4, 0.5) is 5.69 Å². The Bertz CT molecular complexity index is 655. The van der Waals surface area contributed by atoms with Crippen LogP contribution in [-0.4, -0.2) is 29.1 Å². The standard InChI is InChI=1S/C17H20N2O2/c1-10(18)17(21)19-11-6-7-14-12-4-2-3-5-13(12)16(9-20)15(14)8-11/h2-8,10,16-17,19-21H,9,18H2,1H3. The van der Waals surface area contributed by atoms with E-state index in [4.69, 9.17) is 5.73 Å². The molecule has 0 aromatic heterocycles. The Labute approximate surface area is 124 Å². The Morgan fingerprint density at radius 2 is 1.86 bits per heavy atom. The van der Waals surface area contributed by atoms with Gasteiger partial charge in [0.25, 0.3) is 0 Å². The van der Waals surface area contributed by atoms with Gasteiger partial charge in [-0.3, -0.25) is 0 Å². The van der Waals surface area contributed by atoms with E-state index in [1.165, 1.54) is 5.56 Å². The number of aliphatic hydroxyl groups is 2. The van der Waals surface area contributed by atoms with Crippen LogP contribution in [0.5, 0.6) is 0 Å². The summed E-state index contributed by atoms with van der Waals surface area (Å²) in [7, 11) is 0. The van der Waals surface area contributed by atoms with Gasteiger partial charge >= 0.3 is 0 Å². The van der Waals surface area contributed by atoms with Crippen LogP contribution in [-0.2, 0) is 0 Å². The number of aliphatic hydroxyl groups excluding tert-OH is 2. The summed E-state index contributed by atoms with van der Waals surface area (Å²) < 4.78 is 0. The quantitative estimate of drug-likeness (QED) is 0.646. The first kappa shape index (κ1) is 14.1. The summed E-state index contributed by atoms with van der Waals surface area (Å²) in [6.45, 7) is 1.82. The summed E-state index contributed by atoms with van der Waals surface area (Å²) in [6.07, 6.45) is -0.792. The fourth-order valence-electron chi connectivity index (χ4n) is 2.90. The third-order valence-corrected chi connectivity index (χ3v) is 4.05. The molecule has 5 N–H and O–H groups in total. The summed E-state index contributed by atoms with van der Waals surface area (Å²) >= 11 is 0. The molecule has 0 spiro atoms. The van der Waals surface area contributed by atoms with E-state index in [1.807, 2.05) is 30.3 Å². The molecule has 0 bridgehead atoms. The first-order valence-electron chi connectivity index (χ1n) is 7.16. The lowest BCUT2D eigenvalue weighted by atomic mass is 9.98. The molecular weight excluding hydrogens is 264 g/mol. The molecule has 0 saturated heterocycles. The van der Waals surface area contributed by atoms with Crippen LogP contribution in [0.3, 0.4) is 0 Å². The molecule has 4 nitrogen and oxygen atoms in total. The molecule has 110 valence electrons. The molecule has 0 fully saturated rings. The van der Waals surface area contributed by atoms with E-state index >= 15 is 0 Å². The average molecular weight is 284 g/mol. The number of benzene rings is 2. The van der Waals surface area contributed by atoms with Gasteiger partial charge in [-0.25, -0.2) is 0 Å². The van der Waals surface area contributed by atoms with E-state index in [2.05, 4.69) is 17.4 Å². The van der Waals surface area contributed by atoms with Crippen molar-refractivity contribution in [2.45, 2.75) is 25.1 Å². The smallest absolute Gasteiger partial charge is 0.139 e. The summed E-state index contributed by atoms with van der Waals surface area (Å²) in [4.78, 5) is 0. The van der Waals surface area contributed by atoms with Gasteiger partial charge in [0.15, 0.2) is 0 Å². The molecule has 2 aromatic rings. The Morgan fingerprint density at radius 3 is 2.57 bits per heavy atom. The van der Waals surface area contributed by atoms with Gasteiger partial charge in [-0.1, -0.05) is 30.3 Å². The van der Waals surface area contributed by atoms with E-state index in [0.717, 1.165) is 22.4 Å². The topological polar surface area (TPSA) is 78.5 Å². The number of anilines is 1. The Morgan fingerprint density at radius 1 is 1.14 bits per heavy atom. The summed E-state index contributed by atoms with van der Waals surface area (Å²) in [5.74, 6) is -0.00890. The first-order valence-corrected chi connectivity index (χ1v) is 7.16.